The highest BCUT2D eigenvalue weighted by Gasteiger charge is 2.26. The van der Waals surface area contributed by atoms with E-state index < -0.39 is 4.92 Å². The second-order valence-electron chi connectivity index (χ2n) is 3.72. The van der Waals surface area contributed by atoms with E-state index in [0.717, 1.165) is 0 Å². The summed E-state index contributed by atoms with van der Waals surface area (Å²) in [6.45, 7) is 2.05. The fraction of sp³-hybridized carbons (Fsp3) is 0.500. The Bertz CT molecular complexity index is 485. The van der Waals surface area contributed by atoms with Gasteiger partial charge in [0.15, 0.2) is 0 Å². The fourth-order valence-corrected chi connectivity index (χ4v) is 1.48. The molecule has 0 N–H and O–H groups in total. The van der Waals surface area contributed by atoms with E-state index in [1.54, 1.807) is 14.0 Å². The molecule has 0 saturated carbocycles. The Labute approximate surface area is 104 Å². The molecule has 1 rings (SSSR count). The third kappa shape index (κ3) is 2.82. The maximum absolute atomic E-state index is 11.0. The Morgan fingerprint density at radius 2 is 2.33 bits per heavy atom. The van der Waals surface area contributed by atoms with Crippen molar-refractivity contribution >= 4 is 11.5 Å². The SMILES string of the molecule is COc1ncnc(N(C)CC(C)C#N)c1[N+](=O)[O-]. The smallest absolute Gasteiger partial charge is 0.372 e. The Balaban J connectivity index is 3.16. The molecule has 0 aliphatic heterocycles. The van der Waals surface area contributed by atoms with Gasteiger partial charge in [-0.25, -0.2) is 4.98 Å². The van der Waals surface area contributed by atoms with Crippen LogP contribution in [0.5, 0.6) is 5.88 Å². The van der Waals surface area contributed by atoms with E-state index in [2.05, 4.69) is 16.0 Å². The maximum atomic E-state index is 11.0. The Morgan fingerprint density at radius 1 is 1.67 bits per heavy atom. The largest absolute Gasteiger partial charge is 0.476 e. The van der Waals surface area contributed by atoms with Gasteiger partial charge in [0.2, 0.25) is 5.82 Å². The minimum Gasteiger partial charge on any atom is -0.476 e. The first-order valence-corrected chi connectivity index (χ1v) is 5.15. The average molecular weight is 251 g/mol. The number of nitro groups is 1. The zero-order valence-corrected chi connectivity index (χ0v) is 10.3. The number of methoxy groups -OCH3 is 1. The van der Waals surface area contributed by atoms with E-state index in [1.807, 2.05) is 0 Å². The molecule has 0 aliphatic carbocycles. The third-order valence-electron chi connectivity index (χ3n) is 2.27. The molecule has 0 aromatic carbocycles. The summed E-state index contributed by atoms with van der Waals surface area (Å²) >= 11 is 0. The number of hydrogen-bond acceptors (Lipinski definition) is 7. The second-order valence-corrected chi connectivity index (χ2v) is 3.72. The Morgan fingerprint density at radius 3 is 2.83 bits per heavy atom. The van der Waals surface area contributed by atoms with Crippen molar-refractivity contribution in [3.05, 3.63) is 16.4 Å². The number of aromatic nitrogens is 2. The van der Waals surface area contributed by atoms with Crippen LogP contribution in [0.4, 0.5) is 11.5 Å². The lowest BCUT2D eigenvalue weighted by atomic mass is 10.2. The first-order valence-electron chi connectivity index (χ1n) is 5.15. The molecule has 1 unspecified atom stereocenters. The van der Waals surface area contributed by atoms with Crippen LogP contribution >= 0.6 is 0 Å². The molecule has 0 saturated heterocycles. The summed E-state index contributed by atoms with van der Waals surface area (Å²) in [4.78, 5) is 19.5. The molecule has 8 nitrogen and oxygen atoms in total. The van der Waals surface area contributed by atoms with Gasteiger partial charge in [-0.3, -0.25) is 10.1 Å². The van der Waals surface area contributed by atoms with Crippen LogP contribution in [0.15, 0.2) is 6.33 Å². The fourth-order valence-electron chi connectivity index (χ4n) is 1.48. The molecule has 1 aromatic heterocycles. The first-order chi connectivity index (χ1) is 8.51. The standard InChI is InChI=1S/C10H13N5O3/c1-7(4-11)5-14(2)9-8(15(16)17)10(18-3)13-6-12-9/h6-7H,5H2,1-3H3. The highest BCUT2D eigenvalue weighted by molar-refractivity contribution is 5.62. The summed E-state index contributed by atoms with van der Waals surface area (Å²) in [6.07, 6.45) is 1.19. The van der Waals surface area contributed by atoms with E-state index in [4.69, 9.17) is 10.00 Å². The topological polar surface area (TPSA) is 105 Å². The molecule has 1 aromatic rings. The van der Waals surface area contributed by atoms with Crippen molar-refractivity contribution in [3.63, 3.8) is 0 Å². The van der Waals surface area contributed by atoms with E-state index in [0.29, 0.717) is 6.54 Å². The van der Waals surface area contributed by atoms with Crippen molar-refractivity contribution in [3.8, 4) is 11.9 Å². The molecule has 8 heteroatoms. The highest BCUT2D eigenvalue weighted by Crippen LogP contribution is 2.32. The van der Waals surface area contributed by atoms with Crippen molar-refractivity contribution in [1.82, 2.24) is 9.97 Å². The van der Waals surface area contributed by atoms with Crippen LogP contribution in [0.3, 0.4) is 0 Å². The van der Waals surface area contributed by atoms with Crippen LogP contribution < -0.4 is 9.64 Å². The molecule has 18 heavy (non-hydrogen) atoms. The van der Waals surface area contributed by atoms with Gasteiger partial charge < -0.3 is 9.64 Å². The summed E-state index contributed by atoms with van der Waals surface area (Å²) in [7, 11) is 2.93. The predicted molar refractivity (Wildman–Crippen MR) is 63.3 cm³/mol. The van der Waals surface area contributed by atoms with E-state index in [-0.39, 0.29) is 23.3 Å². The summed E-state index contributed by atoms with van der Waals surface area (Å²) in [5.41, 5.74) is -0.298. The monoisotopic (exact) mass is 251 g/mol. The van der Waals surface area contributed by atoms with Gasteiger partial charge in [0.1, 0.15) is 6.33 Å². The van der Waals surface area contributed by atoms with Gasteiger partial charge in [0.25, 0.3) is 5.88 Å². The van der Waals surface area contributed by atoms with Gasteiger partial charge in [-0.05, 0) is 6.92 Å². The predicted octanol–water partition coefficient (Wildman–Crippen LogP) is 0.989. The van der Waals surface area contributed by atoms with Crippen molar-refractivity contribution < 1.29 is 9.66 Å². The zero-order chi connectivity index (χ0) is 13.7. The molecule has 0 amide bonds. The number of hydrogen-bond donors (Lipinski definition) is 0. The molecular formula is C10H13N5O3. The van der Waals surface area contributed by atoms with E-state index in [9.17, 15) is 10.1 Å². The van der Waals surface area contributed by atoms with Gasteiger partial charge in [-0.15, -0.1) is 0 Å². The summed E-state index contributed by atoms with van der Waals surface area (Å²) < 4.78 is 4.84. The maximum Gasteiger partial charge on any atom is 0.372 e. The van der Waals surface area contributed by atoms with Crippen LogP contribution in [-0.2, 0) is 0 Å². The average Bonchev–Trinajstić information content (AvgIpc) is 2.37. The summed E-state index contributed by atoms with van der Waals surface area (Å²) in [6, 6.07) is 2.06. The van der Waals surface area contributed by atoms with Crippen molar-refractivity contribution in [2.45, 2.75) is 6.92 Å². The highest BCUT2D eigenvalue weighted by atomic mass is 16.6. The van der Waals surface area contributed by atoms with Crippen LogP contribution in [-0.4, -0.2) is 35.6 Å². The number of anilines is 1. The molecule has 0 fully saturated rings. The van der Waals surface area contributed by atoms with Crippen molar-refractivity contribution in [1.29, 1.82) is 5.26 Å². The van der Waals surface area contributed by atoms with E-state index >= 15 is 0 Å². The van der Waals surface area contributed by atoms with Crippen LogP contribution in [0.25, 0.3) is 0 Å². The number of rotatable bonds is 5. The van der Waals surface area contributed by atoms with Crippen LogP contribution in [0.1, 0.15) is 6.92 Å². The molecular weight excluding hydrogens is 238 g/mol. The Kier molecular flexibility index (Phi) is 4.37. The molecule has 1 heterocycles. The van der Waals surface area contributed by atoms with Gasteiger partial charge >= 0.3 is 5.69 Å². The summed E-state index contributed by atoms with van der Waals surface area (Å²) in [5, 5.41) is 19.8. The minimum atomic E-state index is -0.596. The number of nitrogens with zero attached hydrogens (tertiary/aromatic N) is 5. The quantitative estimate of drug-likeness (QED) is 0.567. The minimum absolute atomic E-state index is 0.0959. The van der Waals surface area contributed by atoms with Crippen LogP contribution in [0.2, 0.25) is 0 Å². The van der Waals surface area contributed by atoms with Crippen molar-refractivity contribution in [2.24, 2.45) is 5.92 Å². The zero-order valence-electron chi connectivity index (χ0n) is 10.3. The third-order valence-corrected chi connectivity index (χ3v) is 2.27. The lowest BCUT2D eigenvalue weighted by Gasteiger charge is -2.19. The molecule has 1 atom stereocenters. The number of nitriles is 1. The molecule has 0 spiro atoms. The molecule has 0 aliphatic rings. The van der Waals surface area contributed by atoms with Crippen molar-refractivity contribution in [2.75, 3.05) is 25.6 Å². The summed E-state index contributed by atoms with van der Waals surface area (Å²) in [5.74, 6) is -0.231. The number of ether oxygens (including phenoxy) is 1. The first kappa shape index (κ1) is 13.6. The van der Waals surface area contributed by atoms with Gasteiger partial charge in [-0.2, -0.15) is 10.2 Å². The van der Waals surface area contributed by atoms with E-state index in [1.165, 1.54) is 18.3 Å². The van der Waals surface area contributed by atoms with Gasteiger partial charge in [0.05, 0.1) is 24.0 Å². The van der Waals surface area contributed by atoms with Crippen LogP contribution in [0, 0.1) is 27.4 Å². The molecule has 96 valence electrons. The Hall–Kier alpha value is -2.43. The normalized spacial score (nSPS) is 11.4. The van der Waals surface area contributed by atoms with Gasteiger partial charge in [-0.1, -0.05) is 0 Å². The van der Waals surface area contributed by atoms with Gasteiger partial charge in [0, 0.05) is 13.6 Å². The lowest BCUT2D eigenvalue weighted by Crippen LogP contribution is -2.25. The second kappa shape index (κ2) is 5.77. The molecule has 0 bridgehead atoms. The lowest BCUT2D eigenvalue weighted by molar-refractivity contribution is -0.385. The molecule has 0 radical (unpaired) electrons.